The first-order chi connectivity index (χ1) is 7.72. The molecule has 0 radical (unpaired) electrons. The van der Waals surface area contributed by atoms with E-state index in [9.17, 15) is 0 Å². The van der Waals surface area contributed by atoms with Crippen LogP contribution < -0.4 is 5.73 Å². The highest BCUT2D eigenvalue weighted by Crippen LogP contribution is 2.30. The van der Waals surface area contributed by atoms with Crippen LogP contribution in [0.4, 0.5) is 0 Å². The summed E-state index contributed by atoms with van der Waals surface area (Å²) in [5.41, 5.74) is 5.77. The molecule has 2 fully saturated rings. The maximum Gasteiger partial charge on any atom is 0.0241 e. The zero-order chi connectivity index (χ0) is 11.5. The number of hydrogen-bond acceptors (Lipinski definition) is 3. The average Bonchev–Trinajstić information content (AvgIpc) is 2.70. The Kier molecular flexibility index (Phi) is 4.22. The normalized spacial score (nSPS) is 34.7. The smallest absolute Gasteiger partial charge is 0.0241 e. The maximum absolute atomic E-state index is 5.77. The van der Waals surface area contributed by atoms with E-state index in [-0.39, 0.29) is 0 Å². The number of nitrogens with zero attached hydrogens (tertiary/aromatic N) is 2. The van der Waals surface area contributed by atoms with Gasteiger partial charge in [-0.25, -0.2) is 0 Å². The highest BCUT2D eigenvalue weighted by atomic mass is 15.3. The van der Waals surface area contributed by atoms with Gasteiger partial charge >= 0.3 is 0 Å². The fourth-order valence-electron chi connectivity index (χ4n) is 3.73. The first kappa shape index (κ1) is 12.3. The van der Waals surface area contributed by atoms with Crippen molar-refractivity contribution in [3.63, 3.8) is 0 Å². The van der Waals surface area contributed by atoms with Crippen LogP contribution in [0.1, 0.15) is 39.0 Å². The summed E-state index contributed by atoms with van der Waals surface area (Å²) in [7, 11) is 2.24. The highest BCUT2D eigenvalue weighted by molar-refractivity contribution is 4.92. The van der Waals surface area contributed by atoms with Gasteiger partial charge in [0.25, 0.3) is 0 Å². The van der Waals surface area contributed by atoms with E-state index in [0.29, 0.717) is 12.1 Å². The number of nitrogens with two attached hydrogens (primary N) is 1. The van der Waals surface area contributed by atoms with Gasteiger partial charge in [-0.1, -0.05) is 12.8 Å². The van der Waals surface area contributed by atoms with Gasteiger partial charge in [0.05, 0.1) is 0 Å². The van der Waals surface area contributed by atoms with Gasteiger partial charge in [-0.15, -0.1) is 0 Å². The van der Waals surface area contributed by atoms with E-state index >= 15 is 0 Å². The molecule has 2 atom stereocenters. The molecule has 2 rings (SSSR count). The van der Waals surface area contributed by atoms with Gasteiger partial charge in [0.1, 0.15) is 0 Å². The lowest BCUT2D eigenvalue weighted by atomic mass is 10.00. The molecule has 2 aliphatic rings. The van der Waals surface area contributed by atoms with E-state index in [0.717, 1.165) is 19.0 Å². The summed E-state index contributed by atoms with van der Waals surface area (Å²) < 4.78 is 0. The zero-order valence-electron chi connectivity index (χ0n) is 10.9. The Morgan fingerprint density at radius 3 is 2.50 bits per heavy atom. The molecular formula is C13H27N3. The highest BCUT2D eigenvalue weighted by Gasteiger charge is 2.35. The van der Waals surface area contributed by atoms with Gasteiger partial charge in [-0.2, -0.15) is 0 Å². The molecule has 0 aromatic rings. The predicted molar refractivity (Wildman–Crippen MR) is 68.5 cm³/mol. The van der Waals surface area contributed by atoms with E-state index in [1.807, 2.05) is 0 Å². The molecule has 1 aliphatic carbocycles. The SMILES string of the molecule is CC1CN(C)CC(CCN)N1C1CCCC1. The first-order valence-electron chi connectivity index (χ1n) is 6.88. The van der Waals surface area contributed by atoms with Crippen LogP contribution in [0.3, 0.4) is 0 Å². The molecule has 1 heterocycles. The summed E-state index contributed by atoms with van der Waals surface area (Å²) in [6.07, 6.45) is 6.84. The molecule has 0 aromatic heterocycles. The van der Waals surface area contributed by atoms with Gasteiger partial charge in [0, 0.05) is 31.2 Å². The Bertz CT molecular complexity index is 213. The zero-order valence-corrected chi connectivity index (χ0v) is 10.9. The summed E-state index contributed by atoms with van der Waals surface area (Å²) in [6.45, 7) is 5.64. The van der Waals surface area contributed by atoms with Crippen LogP contribution in [0, 0.1) is 0 Å². The van der Waals surface area contributed by atoms with Crippen molar-refractivity contribution in [2.75, 3.05) is 26.7 Å². The minimum atomic E-state index is 0.696. The number of rotatable bonds is 3. The molecule has 0 bridgehead atoms. The Hall–Kier alpha value is -0.120. The van der Waals surface area contributed by atoms with Crippen LogP contribution >= 0.6 is 0 Å². The maximum atomic E-state index is 5.77. The Morgan fingerprint density at radius 2 is 1.88 bits per heavy atom. The number of hydrogen-bond donors (Lipinski definition) is 1. The molecule has 94 valence electrons. The van der Waals surface area contributed by atoms with Gasteiger partial charge in [0.2, 0.25) is 0 Å². The van der Waals surface area contributed by atoms with E-state index in [1.165, 1.54) is 38.8 Å². The van der Waals surface area contributed by atoms with E-state index in [2.05, 4.69) is 23.8 Å². The summed E-state index contributed by atoms with van der Waals surface area (Å²) in [6, 6.07) is 2.25. The first-order valence-corrected chi connectivity index (χ1v) is 6.88. The van der Waals surface area contributed by atoms with Crippen molar-refractivity contribution in [3.8, 4) is 0 Å². The van der Waals surface area contributed by atoms with Crippen LogP contribution in [0.25, 0.3) is 0 Å². The summed E-state index contributed by atoms with van der Waals surface area (Å²) >= 11 is 0. The topological polar surface area (TPSA) is 32.5 Å². The minimum absolute atomic E-state index is 0.696. The van der Waals surface area contributed by atoms with Crippen molar-refractivity contribution >= 4 is 0 Å². The van der Waals surface area contributed by atoms with Crippen molar-refractivity contribution in [1.82, 2.24) is 9.80 Å². The molecule has 1 saturated carbocycles. The summed E-state index contributed by atoms with van der Waals surface area (Å²) in [4.78, 5) is 5.26. The van der Waals surface area contributed by atoms with Crippen LogP contribution in [0.2, 0.25) is 0 Å². The molecule has 16 heavy (non-hydrogen) atoms. The van der Waals surface area contributed by atoms with E-state index in [1.54, 1.807) is 0 Å². The van der Waals surface area contributed by atoms with Crippen molar-refractivity contribution in [2.45, 2.75) is 57.2 Å². The van der Waals surface area contributed by atoms with Crippen LogP contribution in [0.15, 0.2) is 0 Å². The second-order valence-corrected chi connectivity index (χ2v) is 5.69. The number of likely N-dealkylation sites (N-methyl/N-ethyl adjacent to an activating group) is 1. The molecule has 0 amide bonds. The lowest BCUT2D eigenvalue weighted by molar-refractivity contribution is 0.00784. The Labute approximate surface area is 100.0 Å². The van der Waals surface area contributed by atoms with Crippen LogP contribution in [-0.4, -0.2) is 54.6 Å². The minimum Gasteiger partial charge on any atom is -0.330 e. The molecule has 0 spiro atoms. The molecule has 3 nitrogen and oxygen atoms in total. The average molecular weight is 225 g/mol. The molecular weight excluding hydrogens is 198 g/mol. The lowest BCUT2D eigenvalue weighted by Crippen LogP contribution is -2.59. The number of piperazine rings is 1. The summed E-state index contributed by atoms with van der Waals surface area (Å²) in [5.74, 6) is 0. The molecule has 2 unspecified atom stereocenters. The lowest BCUT2D eigenvalue weighted by Gasteiger charge is -2.47. The van der Waals surface area contributed by atoms with Gasteiger partial charge in [-0.3, -0.25) is 4.90 Å². The predicted octanol–water partition coefficient (Wildman–Crippen LogP) is 1.28. The van der Waals surface area contributed by atoms with Crippen molar-refractivity contribution in [1.29, 1.82) is 0 Å². The monoisotopic (exact) mass is 225 g/mol. The van der Waals surface area contributed by atoms with E-state index in [4.69, 9.17) is 5.73 Å². The van der Waals surface area contributed by atoms with Gasteiger partial charge < -0.3 is 10.6 Å². The Morgan fingerprint density at radius 1 is 1.19 bits per heavy atom. The van der Waals surface area contributed by atoms with Crippen molar-refractivity contribution < 1.29 is 0 Å². The largest absolute Gasteiger partial charge is 0.330 e. The second kappa shape index (κ2) is 5.48. The van der Waals surface area contributed by atoms with Crippen molar-refractivity contribution in [3.05, 3.63) is 0 Å². The van der Waals surface area contributed by atoms with Gasteiger partial charge in [0.15, 0.2) is 0 Å². The van der Waals surface area contributed by atoms with Crippen molar-refractivity contribution in [2.24, 2.45) is 5.73 Å². The molecule has 2 N–H and O–H groups in total. The van der Waals surface area contributed by atoms with Crippen LogP contribution in [-0.2, 0) is 0 Å². The third kappa shape index (κ3) is 2.58. The second-order valence-electron chi connectivity index (χ2n) is 5.69. The van der Waals surface area contributed by atoms with E-state index < -0.39 is 0 Å². The standard InChI is InChI=1S/C13H27N3/c1-11-9-15(2)10-13(7-8-14)16(11)12-5-3-4-6-12/h11-13H,3-10,14H2,1-2H3. The molecule has 1 aliphatic heterocycles. The Balaban J connectivity index is 2.03. The quantitative estimate of drug-likeness (QED) is 0.785. The fourth-order valence-corrected chi connectivity index (χ4v) is 3.73. The molecule has 0 aromatic carbocycles. The molecule has 3 heteroatoms. The molecule has 1 saturated heterocycles. The van der Waals surface area contributed by atoms with Crippen LogP contribution in [0.5, 0.6) is 0 Å². The fraction of sp³-hybridized carbons (Fsp3) is 1.00. The van der Waals surface area contributed by atoms with Gasteiger partial charge in [-0.05, 0) is 39.8 Å². The summed E-state index contributed by atoms with van der Waals surface area (Å²) in [5, 5.41) is 0. The third-order valence-electron chi connectivity index (χ3n) is 4.28. The third-order valence-corrected chi connectivity index (χ3v) is 4.28.